The molecule has 3 rings (SSSR count). The Morgan fingerprint density at radius 2 is 1.80 bits per heavy atom. The summed E-state index contributed by atoms with van der Waals surface area (Å²) in [5.74, 6) is -2.12. The van der Waals surface area contributed by atoms with Gasteiger partial charge in [0.05, 0.1) is 32.9 Å². The summed E-state index contributed by atoms with van der Waals surface area (Å²) in [7, 11) is 0. The topological polar surface area (TPSA) is 111 Å². The van der Waals surface area contributed by atoms with Crippen molar-refractivity contribution in [3.63, 3.8) is 0 Å². The quantitative estimate of drug-likeness (QED) is 0.141. The van der Waals surface area contributed by atoms with Gasteiger partial charge >= 0.3 is 12.1 Å². The van der Waals surface area contributed by atoms with Crippen molar-refractivity contribution in [2.45, 2.75) is 6.18 Å². The van der Waals surface area contributed by atoms with E-state index in [4.69, 9.17) is 27.9 Å². The molecule has 0 aliphatic carbocycles. The first kappa shape index (κ1) is 25.7. The predicted octanol–water partition coefficient (Wildman–Crippen LogP) is 5.90. The van der Waals surface area contributed by atoms with Gasteiger partial charge in [-0.15, -0.1) is 0 Å². The molecule has 35 heavy (non-hydrogen) atoms. The van der Waals surface area contributed by atoms with E-state index in [1.807, 2.05) is 0 Å². The van der Waals surface area contributed by atoms with Gasteiger partial charge in [0.25, 0.3) is 11.6 Å². The molecule has 0 spiro atoms. The Balaban J connectivity index is 1.85. The van der Waals surface area contributed by atoms with Crippen molar-refractivity contribution in [2.24, 2.45) is 5.10 Å². The number of esters is 1. The highest BCUT2D eigenvalue weighted by Gasteiger charge is 2.31. The first-order valence-electron chi connectivity index (χ1n) is 9.42. The van der Waals surface area contributed by atoms with Crippen LogP contribution in [0.3, 0.4) is 0 Å². The van der Waals surface area contributed by atoms with E-state index in [1.165, 1.54) is 18.2 Å². The number of amides is 1. The third kappa shape index (κ3) is 6.55. The van der Waals surface area contributed by atoms with Gasteiger partial charge in [-0.05, 0) is 42.5 Å². The number of nitro benzene ring substituents is 1. The number of nitrogens with zero attached hydrogens (tertiary/aromatic N) is 2. The average molecular weight is 526 g/mol. The van der Waals surface area contributed by atoms with Crippen LogP contribution >= 0.6 is 23.2 Å². The van der Waals surface area contributed by atoms with Crippen molar-refractivity contribution in [1.82, 2.24) is 5.43 Å². The lowest BCUT2D eigenvalue weighted by molar-refractivity contribution is -0.384. The molecule has 180 valence electrons. The fourth-order valence-corrected chi connectivity index (χ4v) is 3.21. The highest BCUT2D eigenvalue weighted by molar-refractivity contribution is 6.36. The van der Waals surface area contributed by atoms with Crippen LogP contribution in [0.25, 0.3) is 0 Å². The van der Waals surface area contributed by atoms with E-state index in [2.05, 4.69) is 10.5 Å². The third-order valence-corrected chi connectivity index (χ3v) is 4.93. The molecule has 0 heterocycles. The molecule has 0 aliphatic rings. The van der Waals surface area contributed by atoms with E-state index in [0.29, 0.717) is 11.1 Å². The predicted molar refractivity (Wildman–Crippen MR) is 121 cm³/mol. The van der Waals surface area contributed by atoms with E-state index in [9.17, 15) is 32.9 Å². The van der Waals surface area contributed by atoms with Crippen molar-refractivity contribution in [2.75, 3.05) is 0 Å². The number of carbonyl (C=O) groups excluding carboxylic acids is 2. The second-order valence-electron chi connectivity index (χ2n) is 6.77. The van der Waals surface area contributed by atoms with E-state index >= 15 is 0 Å². The molecular weight excluding hydrogens is 514 g/mol. The molecule has 3 aromatic carbocycles. The number of non-ortho nitro benzene ring substituents is 1. The molecule has 0 bridgehead atoms. The Bertz CT molecular complexity index is 1350. The van der Waals surface area contributed by atoms with Crippen molar-refractivity contribution in [3.05, 3.63) is 103 Å². The van der Waals surface area contributed by atoms with Crippen molar-refractivity contribution in [1.29, 1.82) is 0 Å². The zero-order valence-electron chi connectivity index (χ0n) is 17.2. The maximum Gasteiger partial charge on any atom is 0.416 e. The summed E-state index contributed by atoms with van der Waals surface area (Å²) in [5.41, 5.74) is 0.254. The summed E-state index contributed by atoms with van der Waals surface area (Å²) in [6.07, 6.45) is -3.71. The van der Waals surface area contributed by atoms with Gasteiger partial charge in [0.2, 0.25) is 0 Å². The molecule has 0 atom stereocenters. The largest absolute Gasteiger partial charge is 0.422 e. The smallest absolute Gasteiger partial charge is 0.416 e. The zero-order valence-corrected chi connectivity index (χ0v) is 18.7. The van der Waals surface area contributed by atoms with E-state index < -0.39 is 39.8 Å². The normalized spacial score (nSPS) is 11.3. The minimum absolute atomic E-state index is 0.0449. The third-order valence-electron chi connectivity index (χ3n) is 4.38. The second-order valence-corrected chi connectivity index (χ2v) is 7.61. The lowest BCUT2D eigenvalue weighted by atomic mass is 10.1. The van der Waals surface area contributed by atoms with Crippen LogP contribution in [0.15, 0.2) is 65.8 Å². The Hall–Kier alpha value is -3.96. The standard InChI is InChI=1S/C22H12Cl2F3N3O5/c23-15-4-6-17(18(24)10-15)20(31)29-28-11-13-9-16(30(33)34)5-7-19(13)35-21(32)12-2-1-3-14(8-12)22(25,26)27/h1-11H,(H,29,31)/b28-11+. The maximum absolute atomic E-state index is 12.9. The van der Waals surface area contributed by atoms with Gasteiger partial charge in [-0.25, -0.2) is 10.2 Å². The molecule has 0 saturated carbocycles. The highest BCUT2D eigenvalue weighted by atomic mass is 35.5. The minimum Gasteiger partial charge on any atom is -0.422 e. The molecule has 0 unspecified atom stereocenters. The zero-order chi connectivity index (χ0) is 25.8. The number of alkyl halides is 3. The van der Waals surface area contributed by atoms with Crippen molar-refractivity contribution in [3.8, 4) is 5.75 Å². The Morgan fingerprint density at radius 3 is 2.46 bits per heavy atom. The Morgan fingerprint density at radius 1 is 1.06 bits per heavy atom. The van der Waals surface area contributed by atoms with Crippen LogP contribution in [0, 0.1) is 10.1 Å². The Kier molecular flexibility index (Phi) is 7.72. The molecule has 8 nitrogen and oxygen atoms in total. The van der Waals surface area contributed by atoms with Crippen LogP contribution in [-0.2, 0) is 6.18 Å². The lowest BCUT2D eigenvalue weighted by Gasteiger charge is -2.10. The van der Waals surface area contributed by atoms with Gasteiger partial charge in [0.1, 0.15) is 5.75 Å². The lowest BCUT2D eigenvalue weighted by Crippen LogP contribution is -2.18. The van der Waals surface area contributed by atoms with Crippen LogP contribution in [0.1, 0.15) is 31.8 Å². The summed E-state index contributed by atoms with van der Waals surface area (Å²) in [4.78, 5) is 35.1. The number of halogens is 5. The fourth-order valence-electron chi connectivity index (χ4n) is 2.72. The number of rotatable bonds is 6. The van der Waals surface area contributed by atoms with Crippen molar-refractivity contribution < 1.29 is 32.4 Å². The number of nitro groups is 1. The first-order chi connectivity index (χ1) is 16.5. The summed E-state index contributed by atoms with van der Waals surface area (Å²) >= 11 is 11.7. The fraction of sp³-hybridized carbons (Fsp3) is 0.0455. The number of benzene rings is 3. The van der Waals surface area contributed by atoms with Crippen LogP contribution < -0.4 is 10.2 Å². The SMILES string of the molecule is O=C(Oc1ccc([N+](=O)[O-])cc1/C=N/NC(=O)c1ccc(Cl)cc1Cl)c1cccc(C(F)(F)F)c1. The summed E-state index contributed by atoms with van der Waals surface area (Å²) in [6.45, 7) is 0. The Labute approximate surface area is 205 Å². The van der Waals surface area contributed by atoms with Gasteiger partial charge in [-0.2, -0.15) is 18.3 Å². The van der Waals surface area contributed by atoms with E-state index in [1.54, 1.807) is 0 Å². The summed E-state index contributed by atoms with van der Waals surface area (Å²) < 4.78 is 43.9. The number of hydrogen-bond donors (Lipinski definition) is 1. The van der Waals surface area contributed by atoms with E-state index in [-0.39, 0.29) is 21.9 Å². The van der Waals surface area contributed by atoms with Gasteiger partial charge in [-0.3, -0.25) is 14.9 Å². The van der Waals surface area contributed by atoms with Crippen molar-refractivity contribution >= 4 is 47.0 Å². The average Bonchev–Trinajstić information content (AvgIpc) is 2.79. The molecule has 1 N–H and O–H groups in total. The monoisotopic (exact) mass is 525 g/mol. The number of hydrazone groups is 1. The van der Waals surface area contributed by atoms with Crippen LogP contribution in [0.5, 0.6) is 5.75 Å². The molecule has 0 aromatic heterocycles. The van der Waals surface area contributed by atoms with Crippen LogP contribution in [-0.4, -0.2) is 23.0 Å². The number of hydrogen-bond acceptors (Lipinski definition) is 6. The molecule has 0 aliphatic heterocycles. The first-order valence-corrected chi connectivity index (χ1v) is 10.2. The van der Waals surface area contributed by atoms with Crippen LogP contribution in [0.2, 0.25) is 10.0 Å². The summed E-state index contributed by atoms with van der Waals surface area (Å²) in [6, 6.07) is 10.8. The van der Waals surface area contributed by atoms with Gasteiger partial charge < -0.3 is 4.74 Å². The number of ether oxygens (including phenoxy) is 1. The van der Waals surface area contributed by atoms with Gasteiger partial charge in [0.15, 0.2) is 0 Å². The molecule has 0 fully saturated rings. The number of nitrogens with one attached hydrogen (secondary N) is 1. The molecule has 0 radical (unpaired) electrons. The molecule has 0 saturated heterocycles. The van der Waals surface area contributed by atoms with Gasteiger partial charge in [0, 0.05) is 22.7 Å². The molecule has 13 heteroatoms. The molecule has 3 aromatic rings. The molecule has 1 amide bonds. The number of carbonyl (C=O) groups is 2. The van der Waals surface area contributed by atoms with Gasteiger partial charge in [-0.1, -0.05) is 29.3 Å². The van der Waals surface area contributed by atoms with E-state index in [0.717, 1.165) is 42.6 Å². The molecular formula is C22H12Cl2F3N3O5. The van der Waals surface area contributed by atoms with Crippen LogP contribution in [0.4, 0.5) is 18.9 Å². The highest BCUT2D eigenvalue weighted by Crippen LogP contribution is 2.30. The second kappa shape index (κ2) is 10.5. The minimum atomic E-state index is -4.67. The summed E-state index contributed by atoms with van der Waals surface area (Å²) in [5, 5.41) is 15.2. The maximum atomic E-state index is 12.9.